The van der Waals surface area contributed by atoms with Crippen molar-refractivity contribution >= 4 is 0 Å². The van der Waals surface area contributed by atoms with E-state index in [9.17, 15) is 5.11 Å². The molecule has 1 saturated heterocycles. The van der Waals surface area contributed by atoms with Gasteiger partial charge in [0.05, 0.1) is 0 Å². The molecule has 2 atom stereocenters. The number of aryl methyl sites for hydroxylation is 1. The lowest BCUT2D eigenvalue weighted by atomic mass is 10.1. The summed E-state index contributed by atoms with van der Waals surface area (Å²) in [6.07, 6.45) is 5.48. The van der Waals surface area contributed by atoms with Gasteiger partial charge in [-0.15, -0.1) is 0 Å². The molecule has 1 aliphatic heterocycles. The number of nitrogens with zero attached hydrogens (tertiary/aromatic N) is 2. The number of benzene rings is 1. The fourth-order valence-electron chi connectivity index (χ4n) is 3.23. The van der Waals surface area contributed by atoms with Gasteiger partial charge in [0.1, 0.15) is 18.5 Å². The van der Waals surface area contributed by atoms with Gasteiger partial charge < -0.3 is 9.84 Å². The van der Waals surface area contributed by atoms with E-state index in [-0.39, 0.29) is 0 Å². The highest BCUT2D eigenvalue weighted by molar-refractivity contribution is 5.27. The number of β-amino-alcohol motifs (C(OH)–C–C–N with tert-alkyl or cyclic N) is 1. The fraction of sp³-hybridized carbons (Fsp3) is 0.421. The Morgan fingerprint density at radius 3 is 2.91 bits per heavy atom. The predicted octanol–water partition coefficient (Wildman–Crippen LogP) is 2.97. The predicted molar refractivity (Wildman–Crippen MR) is 90.5 cm³/mol. The monoisotopic (exact) mass is 312 g/mol. The molecule has 2 heterocycles. The maximum absolute atomic E-state index is 10.3. The Morgan fingerprint density at radius 2 is 2.13 bits per heavy atom. The molecule has 1 aliphatic rings. The van der Waals surface area contributed by atoms with E-state index < -0.39 is 6.10 Å². The topological polar surface area (TPSA) is 45.6 Å². The van der Waals surface area contributed by atoms with Gasteiger partial charge in [-0.25, -0.2) is 0 Å². The largest absolute Gasteiger partial charge is 0.491 e. The van der Waals surface area contributed by atoms with E-state index in [0.29, 0.717) is 19.2 Å². The van der Waals surface area contributed by atoms with E-state index in [2.05, 4.69) is 22.0 Å². The number of rotatable bonds is 6. The van der Waals surface area contributed by atoms with Crippen LogP contribution < -0.4 is 4.74 Å². The summed E-state index contributed by atoms with van der Waals surface area (Å²) >= 11 is 0. The van der Waals surface area contributed by atoms with Crippen LogP contribution in [-0.4, -0.2) is 40.8 Å². The second-order valence-corrected chi connectivity index (χ2v) is 6.21. The van der Waals surface area contributed by atoms with Gasteiger partial charge in [0.15, 0.2) is 0 Å². The van der Waals surface area contributed by atoms with Gasteiger partial charge in [-0.05, 0) is 61.7 Å². The average Bonchev–Trinajstić information content (AvgIpc) is 3.02. The number of ether oxygens (including phenoxy) is 1. The van der Waals surface area contributed by atoms with Gasteiger partial charge in [-0.2, -0.15) is 0 Å². The minimum atomic E-state index is -0.488. The number of aliphatic hydroxyl groups excluding tert-OH is 1. The van der Waals surface area contributed by atoms with Crippen LogP contribution in [0.1, 0.15) is 30.0 Å². The summed E-state index contributed by atoms with van der Waals surface area (Å²) in [6.45, 7) is 4.02. The Bertz CT molecular complexity index is 618. The number of aliphatic hydroxyl groups is 1. The number of pyridine rings is 1. The third kappa shape index (κ3) is 4.30. The molecule has 2 unspecified atom stereocenters. The standard InChI is InChI=1S/C19H24N2O2/c1-15-4-2-5-18(12-15)23-14-17(22)13-21-11-3-6-19(21)16-7-9-20-10-8-16/h2,4-5,7-10,12,17,19,22H,3,6,11,13-14H2,1H3. The van der Waals surface area contributed by atoms with Crippen molar-refractivity contribution in [3.63, 3.8) is 0 Å². The zero-order valence-corrected chi connectivity index (χ0v) is 13.6. The zero-order chi connectivity index (χ0) is 16.1. The first-order valence-electron chi connectivity index (χ1n) is 8.24. The molecule has 2 aromatic rings. The van der Waals surface area contributed by atoms with Gasteiger partial charge in [0, 0.05) is 25.0 Å². The molecule has 4 heteroatoms. The molecule has 23 heavy (non-hydrogen) atoms. The Hall–Kier alpha value is -1.91. The van der Waals surface area contributed by atoms with Crippen molar-refractivity contribution in [2.75, 3.05) is 19.7 Å². The third-order valence-corrected chi connectivity index (χ3v) is 4.33. The number of hydrogen-bond acceptors (Lipinski definition) is 4. The van der Waals surface area contributed by atoms with Gasteiger partial charge >= 0.3 is 0 Å². The molecule has 3 rings (SSSR count). The van der Waals surface area contributed by atoms with Crippen LogP contribution in [0.3, 0.4) is 0 Å². The highest BCUT2D eigenvalue weighted by Crippen LogP contribution is 2.31. The van der Waals surface area contributed by atoms with E-state index in [0.717, 1.165) is 24.3 Å². The normalized spacial score (nSPS) is 19.7. The van der Waals surface area contributed by atoms with Gasteiger partial charge in [0.2, 0.25) is 0 Å². The molecular weight excluding hydrogens is 288 g/mol. The number of aromatic nitrogens is 1. The molecule has 0 radical (unpaired) electrons. The molecular formula is C19H24N2O2. The molecule has 0 bridgehead atoms. The molecule has 4 nitrogen and oxygen atoms in total. The van der Waals surface area contributed by atoms with Crippen LogP contribution in [0.4, 0.5) is 0 Å². The third-order valence-electron chi connectivity index (χ3n) is 4.33. The summed E-state index contributed by atoms with van der Waals surface area (Å²) < 4.78 is 5.71. The van der Waals surface area contributed by atoms with Crippen molar-refractivity contribution in [3.8, 4) is 5.75 Å². The van der Waals surface area contributed by atoms with Gasteiger partial charge in [-0.1, -0.05) is 12.1 Å². The van der Waals surface area contributed by atoms with Crippen LogP contribution in [0.5, 0.6) is 5.75 Å². The summed E-state index contributed by atoms with van der Waals surface area (Å²) in [5.74, 6) is 0.816. The maximum Gasteiger partial charge on any atom is 0.119 e. The number of likely N-dealkylation sites (tertiary alicyclic amines) is 1. The van der Waals surface area contributed by atoms with Crippen molar-refractivity contribution in [2.45, 2.75) is 31.9 Å². The highest BCUT2D eigenvalue weighted by atomic mass is 16.5. The van der Waals surface area contributed by atoms with Crippen LogP contribution in [0, 0.1) is 6.92 Å². The second-order valence-electron chi connectivity index (χ2n) is 6.21. The first-order chi connectivity index (χ1) is 11.2. The Balaban J connectivity index is 1.53. The second kappa shape index (κ2) is 7.57. The molecule has 0 aliphatic carbocycles. The van der Waals surface area contributed by atoms with E-state index in [1.165, 1.54) is 12.0 Å². The summed E-state index contributed by atoms with van der Waals surface area (Å²) in [4.78, 5) is 6.43. The van der Waals surface area contributed by atoms with Crippen molar-refractivity contribution < 1.29 is 9.84 Å². The van der Waals surface area contributed by atoms with E-state index in [4.69, 9.17) is 4.74 Å². The zero-order valence-electron chi connectivity index (χ0n) is 13.6. The van der Waals surface area contributed by atoms with Crippen LogP contribution in [0.2, 0.25) is 0 Å². The number of hydrogen-bond donors (Lipinski definition) is 1. The van der Waals surface area contributed by atoms with Crippen LogP contribution in [-0.2, 0) is 0 Å². The minimum absolute atomic E-state index is 0.322. The Labute approximate surface area is 137 Å². The van der Waals surface area contributed by atoms with Gasteiger partial charge in [0.25, 0.3) is 0 Å². The lowest BCUT2D eigenvalue weighted by Crippen LogP contribution is -2.35. The molecule has 1 N–H and O–H groups in total. The quantitative estimate of drug-likeness (QED) is 0.891. The lowest BCUT2D eigenvalue weighted by Gasteiger charge is -2.27. The lowest BCUT2D eigenvalue weighted by molar-refractivity contribution is 0.0638. The maximum atomic E-state index is 10.3. The molecule has 0 saturated carbocycles. The van der Waals surface area contributed by atoms with Crippen molar-refractivity contribution in [1.82, 2.24) is 9.88 Å². The van der Waals surface area contributed by atoms with E-state index >= 15 is 0 Å². The van der Waals surface area contributed by atoms with Gasteiger partial charge in [-0.3, -0.25) is 9.88 Å². The van der Waals surface area contributed by atoms with Crippen molar-refractivity contribution in [1.29, 1.82) is 0 Å². The van der Waals surface area contributed by atoms with Crippen molar-refractivity contribution in [2.24, 2.45) is 0 Å². The minimum Gasteiger partial charge on any atom is -0.491 e. The molecule has 1 fully saturated rings. The average molecular weight is 312 g/mol. The SMILES string of the molecule is Cc1cccc(OCC(O)CN2CCCC2c2ccncc2)c1. The van der Waals surface area contributed by atoms with Crippen LogP contribution >= 0.6 is 0 Å². The summed E-state index contributed by atoms with van der Waals surface area (Å²) in [7, 11) is 0. The van der Waals surface area contributed by atoms with Crippen molar-refractivity contribution in [3.05, 3.63) is 59.9 Å². The molecule has 0 amide bonds. The van der Waals surface area contributed by atoms with Crippen LogP contribution in [0.15, 0.2) is 48.8 Å². The summed E-state index contributed by atoms with van der Waals surface area (Å²) in [5.41, 5.74) is 2.44. The van der Waals surface area contributed by atoms with Crippen LogP contribution in [0.25, 0.3) is 0 Å². The first-order valence-corrected chi connectivity index (χ1v) is 8.24. The smallest absolute Gasteiger partial charge is 0.119 e. The first kappa shape index (κ1) is 16.0. The molecule has 1 aromatic heterocycles. The fourth-order valence-corrected chi connectivity index (χ4v) is 3.23. The Kier molecular flexibility index (Phi) is 5.26. The highest BCUT2D eigenvalue weighted by Gasteiger charge is 2.27. The Morgan fingerprint density at radius 1 is 1.30 bits per heavy atom. The summed E-state index contributed by atoms with van der Waals surface area (Å²) in [5, 5.41) is 10.3. The molecule has 1 aromatic carbocycles. The molecule has 0 spiro atoms. The van der Waals surface area contributed by atoms with E-state index in [1.807, 2.05) is 43.6 Å². The summed E-state index contributed by atoms with van der Waals surface area (Å²) in [6, 6.07) is 12.4. The van der Waals surface area contributed by atoms with E-state index in [1.54, 1.807) is 0 Å². The molecule has 122 valence electrons.